The minimum Gasteiger partial charge on any atom is -0.391 e. The molecule has 0 radical (unpaired) electrons. The zero-order valence-electron chi connectivity index (χ0n) is 20.0. The molecule has 0 aromatic heterocycles. The first-order valence-electron chi connectivity index (χ1n) is 13.7. The average molecular weight is 431 g/mol. The Hall–Kier alpha value is -0.160. The van der Waals surface area contributed by atoms with Gasteiger partial charge in [-0.2, -0.15) is 0 Å². The summed E-state index contributed by atoms with van der Waals surface area (Å²) in [5.74, 6) is 5.88. The van der Waals surface area contributed by atoms with Gasteiger partial charge >= 0.3 is 0 Å². The van der Waals surface area contributed by atoms with E-state index in [2.05, 4.69) is 31.7 Å². The van der Waals surface area contributed by atoms with Crippen LogP contribution in [0.2, 0.25) is 0 Å². The second-order valence-corrected chi connectivity index (χ2v) is 12.9. The highest BCUT2D eigenvalue weighted by Crippen LogP contribution is 2.67. The molecule has 0 spiro atoms. The summed E-state index contributed by atoms with van der Waals surface area (Å²) in [5, 5.41) is 30.8. The Morgan fingerprint density at radius 2 is 1.42 bits per heavy atom. The Morgan fingerprint density at radius 3 is 2.10 bits per heavy atom. The molecule has 0 amide bonds. The van der Waals surface area contributed by atoms with E-state index in [9.17, 15) is 10.2 Å². The summed E-state index contributed by atoms with van der Waals surface area (Å²) in [6, 6.07) is 0. The van der Waals surface area contributed by atoms with E-state index >= 15 is 0 Å². The molecule has 6 bridgehead atoms. The van der Waals surface area contributed by atoms with Crippen LogP contribution in [0.3, 0.4) is 0 Å². The van der Waals surface area contributed by atoms with Gasteiger partial charge in [0.25, 0.3) is 0 Å². The van der Waals surface area contributed by atoms with Crippen LogP contribution in [-0.4, -0.2) is 47.6 Å². The Balaban J connectivity index is 1.35. The molecule has 0 heterocycles. The summed E-state index contributed by atoms with van der Waals surface area (Å²) in [5.41, 5.74) is -0.277. The maximum absolute atomic E-state index is 11.8. The third-order valence-corrected chi connectivity index (χ3v) is 12.4. The van der Waals surface area contributed by atoms with Crippen molar-refractivity contribution in [3.8, 4) is 0 Å². The molecular weight excluding hydrogens is 384 g/mol. The second-order valence-electron chi connectivity index (χ2n) is 12.9. The van der Waals surface area contributed by atoms with Crippen LogP contribution < -0.4 is 10.6 Å². The standard InChI is InChI=1S/C27H46N2O2/c1-26(28-2)20-13-18(14-27(29-3)19-7-5-4-6-17(12-19)24(27)30)23(25(26)31)22-16-10-8-15(9-11-16)21(20)22/h15-25,28-31H,4-14H2,1-3H3. The van der Waals surface area contributed by atoms with Crippen LogP contribution in [0.15, 0.2) is 0 Å². The Labute approximate surface area is 189 Å². The van der Waals surface area contributed by atoms with Crippen molar-refractivity contribution in [2.45, 2.75) is 101 Å². The van der Waals surface area contributed by atoms with Crippen LogP contribution in [0.5, 0.6) is 0 Å². The largest absolute Gasteiger partial charge is 0.391 e. The Bertz CT molecular complexity index is 693. The summed E-state index contributed by atoms with van der Waals surface area (Å²) in [4.78, 5) is 0. The fourth-order valence-corrected chi connectivity index (χ4v) is 10.9. The molecule has 8 aliphatic rings. The molecule has 4 N–H and O–H groups in total. The van der Waals surface area contributed by atoms with E-state index in [4.69, 9.17) is 0 Å². The minimum atomic E-state index is -0.253. The van der Waals surface area contributed by atoms with Gasteiger partial charge < -0.3 is 20.8 Å². The van der Waals surface area contributed by atoms with Crippen LogP contribution in [0.1, 0.15) is 77.6 Å². The van der Waals surface area contributed by atoms with E-state index in [0.29, 0.717) is 29.6 Å². The van der Waals surface area contributed by atoms with Gasteiger partial charge in [0.15, 0.2) is 0 Å². The molecule has 0 aliphatic heterocycles. The van der Waals surface area contributed by atoms with E-state index < -0.39 is 0 Å². The van der Waals surface area contributed by atoms with Crippen molar-refractivity contribution in [1.82, 2.24) is 10.6 Å². The summed E-state index contributed by atoms with van der Waals surface area (Å²) in [6.07, 6.45) is 13.8. The van der Waals surface area contributed by atoms with Crippen molar-refractivity contribution in [1.29, 1.82) is 0 Å². The Morgan fingerprint density at radius 1 is 0.742 bits per heavy atom. The molecule has 11 unspecified atom stereocenters. The minimum absolute atomic E-state index is 0.133. The first kappa shape index (κ1) is 21.4. The van der Waals surface area contributed by atoms with Gasteiger partial charge in [-0.25, -0.2) is 0 Å². The maximum Gasteiger partial charge on any atom is 0.0755 e. The van der Waals surface area contributed by atoms with Gasteiger partial charge in [-0.1, -0.05) is 12.8 Å². The number of rotatable bonds is 4. The van der Waals surface area contributed by atoms with Crippen LogP contribution in [0.4, 0.5) is 0 Å². The molecule has 0 saturated heterocycles. The van der Waals surface area contributed by atoms with Crippen molar-refractivity contribution < 1.29 is 10.2 Å². The quantitative estimate of drug-likeness (QED) is 0.551. The molecule has 8 saturated carbocycles. The average Bonchev–Trinajstić information content (AvgIpc) is 2.95. The maximum atomic E-state index is 11.8. The highest BCUT2D eigenvalue weighted by atomic mass is 16.3. The fraction of sp³-hybridized carbons (Fsp3) is 1.00. The number of fused-ring (bicyclic) bond motifs is 6. The van der Waals surface area contributed by atoms with Crippen LogP contribution >= 0.6 is 0 Å². The van der Waals surface area contributed by atoms with E-state index in [-0.39, 0.29) is 23.3 Å². The Kier molecular flexibility index (Phi) is 5.12. The molecular formula is C27H46N2O2. The predicted molar refractivity (Wildman–Crippen MR) is 123 cm³/mol. The van der Waals surface area contributed by atoms with Gasteiger partial charge in [0.1, 0.15) is 0 Å². The van der Waals surface area contributed by atoms with Crippen molar-refractivity contribution in [3.05, 3.63) is 0 Å². The number of hydrogen-bond acceptors (Lipinski definition) is 4. The lowest BCUT2D eigenvalue weighted by Crippen LogP contribution is -2.74. The van der Waals surface area contributed by atoms with Gasteiger partial charge in [0.05, 0.1) is 12.2 Å². The third-order valence-electron chi connectivity index (χ3n) is 12.4. The highest BCUT2D eigenvalue weighted by Gasteiger charge is 2.68. The fourth-order valence-electron chi connectivity index (χ4n) is 10.9. The number of aliphatic hydroxyl groups excluding tert-OH is 2. The first-order chi connectivity index (χ1) is 14.9. The number of nitrogens with one attached hydrogen (secondary N) is 2. The molecule has 4 nitrogen and oxygen atoms in total. The highest BCUT2D eigenvalue weighted by molar-refractivity contribution is 5.20. The number of likely N-dealkylation sites (N-methyl/N-ethyl adjacent to an activating group) is 2. The van der Waals surface area contributed by atoms with Gasteiger partial charge in [0, 0.05) is 11.1 Å². The summed E-state index contributed by atoms with van der Waals surface area (Å²) in [7, 11) is 4.19. The van der Waals surface area contributed by atoms with Crippen LogP contribution in [0.25, 0.3) is 0 Å². The van der Waals surface area contributed by atoms with Gasteiger partial charge in [-0.05, 0) is 132 Å². The van der Waals surface area contributed by atoms with Crippen LogP contribution in [0, 0.1) is 53.3 Å². The SMILES string of the molecule is CNC1(C)C(O)C2C(CC3(NC)C4CCCCC(C4)C3O)CC1C1C3CCC(CC3)C21. The molecule has 8 rings (SSSR count). The van der Waals surface area contributed by atoms with Gasteiger partial charge in [-0.3, -0.25) is 0 Å². The lowest BCUT2D eigenvalue weighted by Gasteiger charge is -2.69. The molecule has 0 aromatic carbocycles. The third kappa shape index (κ3) is 2.74. The second kappa shape index (κ2) is 7.42. The summed E-state index contributed by atoms with van der Waals surface area (Å²) in [6.45, 7) is 2.32. The van der Waals surface area contributed by atoms with E-state index in [1.165, 1.54) is 64.2 Å². The zero-order valence-corrected chi connectivity index (χ0v) is 20.0. The topological polar surface area (TPSA) is 64.5 Å². The first-order valence-corrected chi connectivity index (χ1v) is 13.7. The molecule has 4 heteroatoms. The monoisotopic (exact) mass is 430 g/mol. The number of hydrogen-bond donors (Lipinski definition) is 4. The van der Waals surface area contributed by atoms with Crippen molar-refractivity contribution >= 4 is 0 Å². The zero-order chi connectivity index (χ0) is 21.5. The van der Waals surface area contributed by atoms with Gasteiger partial charge in [-0.15, -0.1) is 0 Å². The predicted octanol–water partition coefficient (Wildman–Crippen LogP) is 3.56. The smallest absolute Gasteiger partial charge is 0.0755 e. The van der Waals surface area contributed by atoms with E-state index in [1.54, 1.807) is 0 Å². The normalized spacial score (nSPS) is 60.1. The van der Waals surface area contributed by atoms with Gasteiger partial charge in [0.2, 0.25) is 0 Å². The lowest BCUT2D eigenvalue weighted by atomic mass is 9.38. The number of aliphatic hydroxyl groups is 2. The molecule has 8 aliphatic carbocycles. The molecule has 31 heavy (non-hydrogen) atoms. The molecule has 11 atom stereocenters. The van der Waals surface area contributed by atoms with Crippen LogP contribution in [-0.2, 0) is 0 Å². The molecule has 8 fully saturated rings. The summed E-state index contributed by atoms with van der Waals surface area (Å²) < 4.78 is 0. The van der Waals surface area contributed by atoms with E-state index in [1.807, 2.05) is 0 Å². The molecule has 0 aromatic rings. The lowest BCUT2D eigenvalue weighted by molar-refractivity contribution is -0.225. The van der Waals surface area contributed by atoms with Crippen molar-refractivity contribution in [3.63, 3.8) is 0 Å². The summed E-state index contributed by atoms with van der Waals surface area (Å²) >= 11 is 0. The molecule has 176 valence electrons. The van der Waals surface area contributed by atoms with E-state index in [0.717, 1.165) is 30.1 Å². The van der Waals surface area contributed by atoms with Crippen molar-refractivity contribution in [2.75, 3.05) is 14.1 Å². The van der Waals surface area contributed by atoms with Crippen molar-refractivity contribution in [2.24, 2.45) is 53.3 Å².